The van der Waals surface area contributed by atoms with Crippen molar-refractivity contribution < 1.29 is 8.42 Å². The second kappa shape index (κ2) is 6.49. The number of hydrogen-bond donors (Lipinski definition) is 2. The van der Waals surface area contributed by atoms with Crippen molar-refractivity contribution in [1.29, 1.82) is 0 Å². The molecule has 0 atom stereocenters. The van der Waals surface area contributed by atoms with Crippen LogP contribution in [-0.2, 0) is 16.8 Å². The quantitative estimate of drug-likeness (QED) is 0.842. The number of hydrogen-bond acceptors (Lipinski definition) is 2. The zero-order valence-corrected chi connectivity index (χ0v) is 12.3. The van der Waals surface area contributed by atoms with Gasteiger partial charge in [-0.3, -0.25) is 0 Å². The highest BCUT2D eigenvalue weighted by molar-refractivity contribution is 9.10. The van der Waals surface area contributed by atoms with Crippen molar-refractivity contribution in [3.63, 3.8) is 0 Å². The van der Waals surface area contributed by atoms with E-state index in [0.29, 0.717) is 6.54 Å². The van der Waals surface area contributed by atoms with Gasteiger partial charge in [0.15, 0.2) is 0 Å². The topological polar surface area (TPSA) is 58.2 Å². The average Bonchev–Trinajstić information content (AvgIpc) is 2.26. The molecular weight excluding hydrogens is 304 g/mol. The molecule has 4 nitrogen and oxygen atoms in total. The van der Waals surface area contributed by atoms with Gasteiger partial charge in [-0.1, -0.05) is 48.0 Å². The van der Waals surface area contributed by atoms with Gasteiger partial charge < -0.3 is 0 Å². The summed E-state index contributed by atoms with van der Waals surface area (Å²) in [6.45, 7) is 4.62. The van der Waals surface area contributed by atoms with Gasteiger partial charge in [-0.05, 0) is 17.5 Å². The van der Waals surface area contributed by atoms with Crippen molar-refractivity contribution in [2.24, 2.45) is 5.92 Å². The molecule has 0 fully saturated rings. The van der Waals surface area contributed by atoms with Crippen molar-refractivity contribution in [1.82, 2.24) is 9.44 Å². The smallest absolute Gasteiger partial charge is 0.202 e. The number of benzene rings is 1. The first kappa shape index (κ1) is 14.6. The number of halogens is 1. The molecule has 0 heterocycles. The Kier molecular flexibility index (Phi) is 5.58. The molecule has 6 heteroatoms. The first-order chi connectivity index (χ1) is 7.91. The standard InChI is InChI=1S/C11H17BrN2O2S/c1-9(2)7-13-17(15,16)14-8-10-5-3-4-6-11(10)12/h3-6,9,13-14H,7-8H2,1-2H3. The van der Waals surface area contributed by atoms with Crippen molar-refractivity contribution in [3.8, 4) is 0 Å². The number of rotatable bonds is 6. The molecule has 0 bridgehead atoms. The molecule has 1 aromatic rings. The van der Waals surface area contributed by atoms with Gasteiger partial charge >= 0.3 is 0 Å². The maximum absolute atomic E-state index is 11.6. The molecule has 0 aromatic heterocycles. The molecule has 0 radical (unpaired) electrons. The van der Waals surface area contributed by atoms with E-state index in [1.807, 2.05) is 38.1 Å². The van der Waals surface area contributed by atoms with Crippen LogP contribution in [0.5, 0.6) is 0 Å². The molecule has 0 aliphatic heterocycles. The summed E-state index contributed by atoms with van der Waals surface area (Å²) in [4.78, 5) is 0. The van der Waals surface area contributed by atoms with Gasteiger partial charge in [0, 0.05) is 17.6 Å². The third-order valence-corrected chi connectivity index (χ3v) is 3.94. The normalized spacial score (nSPS) is 12.0. The molecule has 1 aromatic carbocycles. The summed E-state index contributed by atoms with van der Waals surface area (Å²) in [7, 11) is -3.41. The molecule has 96 valence electrons. The lowest BCUT2D eigenvalue weighted by Crippen LogP contribution is -2.38. The maximum Gasteiger partial charge on any atom is 0.277 e. The minimum absolute atomic E-state index is 0.273. The summed E-state index contributed by atoms with van der Waals surface area (Å²) >= 11 is 3.37. The first-order valence-corrected chi connectivity index (χ1v) is 7.66. The fourth-order valence-corrected chi connectivity index (χ4v) is 2.57. The van der Waals surface area contributed by atoms with Crippen LogP contribution in [0.15, 0.2) is 28.7 Å². The molecule has 2 N–H and O–H groups in total. The molecule has 0 unspecified atom stereocenters. The summed E-state index contributed by atoms with van der Waals surface area (Å²) in [5.41, 5.74) is 0.905. The third-order valence-electron chi connectivity index (χ3n) is 2.09. The van der Waals surface area contributed by atoms with Gasteiger partial charge in [0.1, 0.15) is 0 Å². The van der Waals surface area contributed by atoms with Crippen LogP contribution in [0, 0.1) is 5.92 Å². The van der Waals surface area contributed by atoms with E-state index in [1.54, 1.807) is 0 Å². The van der Waals surface area contributed by atoms with E-state index in [1.165, 1.54) is 0 Å². The molecule has 0 saturated carbocycles. The molecule has 0 saturated heterocycles. The zero-order chi connectivity index (χ0) is 12.9. The molecule has 0 amide bonds. The van der Waals surface area contributed by atoms with Crippen molar-refractivity contribution in [2.75, 3.05) is 6.54 Å². The SMILES string of the molecule is CC(C)CNS(=O)(=O)NCc1ccccc1Br. The Morgan fingerprint density at radius 1 is 1.24 bits per heavy atom. The van der Waals surface area contributed by atoms with E-state index in [-0.39, 0.29) is 12.5 Å². The Morgan fingerprint density at radius 2 is 1.88 bits per heavy atom. The van der Waals surface area contributed by atoms with Crippen LogP contribution in [0.4, 0.5) is 0 Å². The van der Waals surface area contributed by atoms with Crippen molar-refractivity contribution in [2.45, 2.75) is 20.4 Å². The van der Waals surface area contributed by atoms with E-state index >= 15 is 0 Å². The van der Waals surface area contributed by atoms with E-state index in [9.17, 15) is 8.42 Å². The van der Waals surface area contributed by atoms with Crippen molar-refractivity contribution >= 4 is 26.1 Å². The van der Waals surface area contributed by atoms with Crippen LogP contribution >= 0.6 is 15.9 Å². The van der Waals surface area contributed by atoms with E-state index in [0.717, 1.165) is 10.0 Å². The van der Waals surface area contributed by atoms with Crippen LogP contribution < -0.4 is 9.44 Å². The second-order valence-corrected chi connectivity index (χ2v) is 6.60. The van der Waals surface area contributed by atoms with Crippen LogP contribution in [0.2, 0.25) is 0 Å². The van der Waals surface area contributed by atoms with Crippen LogP contribution in [0.25, 0.3) is 0 Å². The summed E-state index contributed by atoms with van der Waals surface area (Å²) in [6, 6.07) is 7.51. The predicted molar refractivity (Wildman–Crippen MR) is 72.7 cm³/mol. The van der Waals surface area contributed by atoms with Gasteiger partial charge in [0.2, 0.25) is 0 Å². The molecule has 1 rings (SSSR count). The average molecular weight is 321 g/mol. The maximum atomic E-state index is 11.6. The van der Waals surface area contributed by atoms with E-state index < -0.39 is 10.2 Å². The second-order valence-electron chi connectivity index (χ2n) is 4.16. The van der Waals surface area contributed by atoms with Gasteiger partial charge in [0.25, 0.3) is 10.2 Å². The lowest BCUT2D eigenvalue weighted by atomic mass is 10.2. The highest BCUT2D eigenvalue weighted by Crippen LogP contribution is 2.15. The summed E-state index contributed by atoms with van der Waals surface area (Å²) in [5.74, 6) is 0.287. The van der Waals surface area contributed by atoms with Gasteiger partial charge in [-0.25, -0.2) is 4.72 Å². The predicted octanol–water partition coefficient (Wildman–Crippen LogP) is 2.03. The fraction of sp³-hybridized carbons (Fsp3) is 0.455. The zero-order valence-electron chi connectivity index (χ0n) is 9.90. The van der Waals surface area contributed by atoms with Crippen LogP contribution in [0.3, 0.4) is 0 Å². The largest absolute Gasteiger partial charge is 0.277 e. The van der Waals surface area contributed by atoms with Gasteiger partial charge in [-0.15, -0.1) is 0 Å². The highest BCUT2D eigenvalue weighted by Gasteiger charge is 2.10. The summed E-state index contributed by atoms with van der Waals surface area (Å²) in [5, 5.41) is 0. The Hall–Kier alpha value is -0.430. The Bertz CT molecular complexity index is 460. The van der Waals surface area contributed by atoms with Gasteiger partial charge in [-0.2, -0.15) is 13.1 Å². The minimum atomic E-state index is -3.41. The minimum Gasteiger partial charge on any atom is -0.202 e. The first-order valence-electron chi connectivity index (χ1n) is 5.38. The lowest BCUT2D eigenvalue weighted by Gasteiger charge is -2.10. The Labute approximate surface area is 111 Å². The molecule has 0 aliphatic carbocycles. The molecule has 0 aliphatic rings. The highest BCUT2D eigenvalue weighted by atomic mass is 79.9. The van der Waals surface area contributed by atoms with Gasteiger partial charge in [0.05, 0.1) is 0 Å². The number of nitrogens with one attached hydrogen (secondary N) is 2. The Balaban J connectivity index is 2.53. The van der Waals surface area contributed by atoms with E-state index in [2.05, 4.69) is 25.4 Å². The summed E-state index contributed by atoms with van der Waals surface area (Å²) in [6.07, 6.45) is 0. The fourth-order valence-electron chi connectivity index (χ4n) is 1.14. The Morgan fingerprint density at radius 3 is 2.47 bits per heavy atom. The lowest BCUT2D eigenvalue weighted by molar-refractivity contribution is 0.547. The van der Waals surface area contributed by atoms with Crippen LogP contribution in [-0.4, -0.2) is 15.0 Å². The molecule has 17 heavy (non-hydrogen) atoms. The van der Waals surface area contributed by atoms with Crippen molar-refractivity contribution in [3.05, 3.63) is 34.3 Å². The third kappa shape index (κ3) is 5.63. The van der Waals surface area contributed by atoms with E-state index in [4.69, 9.17) is 0 Å². The monoisotopic (exact) mass is 320 g/mol. The molecule has 0 spiro atoms. The van der Waals surface area contributed by atoms with Crippen LogP contribution in [0.1, 0.15) is 19.4 Å². The summed E-state index contributed by atoms with van der Waals surface area (Å²) < 4.78 is 29.1. The molecular formula is C11H17BrN2O2S.